The Morgan fingerprint density at radius 2 is 2.04 bits per heavy atom. The molecule has 0 spiro atoms. The van der Waals surface area contributed by atoms with E-state index in [9.17, 15) is 9.59 Å². The van der Waals surface area contributed by atoms with E-state index in [-0.39, 0.29) is 24.9 Å². The number of carbonyl (C=O) groups excluding carboxylic acids is 2. The highest BCUT2D eigenvalue weighted by Gasteiger charge is 2.14. The zero-order valence-electron chi connectivity index (χ0n) is 14.8. The summed E-state index contributed by atoms with van der Waals surface area (Å²) in [7, 11) is 0. The number of esters is 1. The van der Waals surface area contributed by atoms with Gasteiger partial charge in [0.05, 0.1) is 0 Å². The number of unbranched alkanes of at least 4 members (excludes halogenated alkanes) is 1. The van der Waals surface area contributed by atoms with Gasteiger partial charge >= 0.3 is 5.97 Å². The van der Waals surface area contributed by atoms with Gasteiger partial charge in [-0.1, -0.05) is 13.3 Å². The van der Waals surface area contributed by atoms with E-state index in [0.29, 0.717) is 18.7 Å². The standard InChI is InChI=1S/C16H24N6O3/c1-4-5-8-18-13(23)9-25-14(24)7-6-12-10(2)19-16-20-15(17)21-22(16)11(12)3/h4-9H2,1-3H3,(H2,17,21)(H,18,23). The maximum atomic E-state index is 11.9. The van der Waals surface area contributed by atoms with E-state index >= 15 is 0 Å². The average Bonchev–Trinajstić information content (AvgIpc) is 2.93. The first-order valence-corrected chi connectivity index (χ1v) is 8.33. The number of amides is 1. The van der Waals surface area contributed by atoms with E-state index < -0.39 is 5.97 Å². The molecule has 25 heavy (non-hydrogen) atoms. The largest absolute Gasteiger partial charge is 0.456 e. The number of nitrogens with zero attached hydrogens (tertiary/aromatic N) is 4. The average molecular weight is 348 g/mol. The van der Waals surface area contributed by atoms with Gasteiger partial charge < -0.3 is 15.8 Å². The van der Waals surface area contributed by atoms with Crippen molar-refractivity contribution in [3.8, 4) is 0 Å². The lowest BCUT2D eigenvalue weighted by atomic mass is 10.1. The number of nitrogen functional groups attached to an aromatic ring is 1. The minimum absolute atomic E-state index is 0.153. The van der Waals surface area contributed by atoms with Gasteiger partial charge in [-0.2, -0.15) is 9.50 Å². The molecule has 9 nitrogen and oxygen atoms in total. The zero-order valence-corrected chi connectivity index (χ0v) is 14.8. The number of aryl methyl sites for hydroxylation is 2. The van der Waals surface area contributed by atoms with Crippen molar-refractivity contribution in [1.82, 2.24) is 24.9 Å². The minimum Gasteiger partial charge on any atom is -0.456 e. The van der Waals surface area contributed by atoms with Crippen LogP contribution >= 0.6 is 0 Å². The molecule has 0 bridgehead atoms. The number of nitrogens with two attached hydrogens (primary N) is 1. The summed E-state index contributed by atoms with van der Waals surface area (Å²) in [6, 6.07) is 0. The van der Waals surface area contributed by atoms with Crippen LogP contribution in [0.2, 0.25) is 0 Å². The van der Waals surface area contributed by atoms with Gasteiger partial charge in [0.2, 0.25) is 5.95 Å². The Bertz CT molecular complexity index is 771. The van der Waals surface area contributed by atoms with E-state index in [1.54, 1.807) is 4.52 Å². The Kier molecular flexibility index (Phi) is 6.26. The zero-order chi connectivity index (χ0) is 18.4. The summed E-state index contributed by atoms with van der Waals surface area (Å²) in [4.78, 5) is 31.8. The molecule has 2 heterocycles. The van der Waals surface area contributed by atoms with Crippen LogP contribution in [0.1, 0.15) is 43.1 Å². The Morgan fingerprint density at radius 3 is 2.76 bits per heavy atom. The smallest absolute Gasteiger partial charge is 0.306 e. The van der Waals surface area contributed by atoms with Crippen LogP contribution in [0.5, 0.6) is 0 Å². The fraction of sp³-hybridized carbons (Fsp3) is 0.562. The van der Waals surface area contributed by atoms with Gasteiger partial charge in [-0.05, 0) is 32.3 Å². The number of rotatable bonds is 8. The van der Waals surface area contributed by atoms with Crippen molar-refractivity contribution in [3.63, 3.8) is 0 Å². The number of aromatic nitrogens is 4. The van der Waals surface area contributed by atoms with E-state index in [4.69, 9.17) is 10.5 Å². The first-order valence-electron chi connectivity index (χ1n) is 8.33. The Morgan fingerprint density at radius 1 is 1.28 bits per heavy atom. The fourth-order valence-corrected chi connectivity index (χ4v) is 2.49. The molecule has 0 atom stereocenters. The highest BCUT2D eigenvalue weighted by molar-refractivity contribution is 5.80. The van der Waals surface area contributed by atoms with Crippen LogP contribution in [0.25, 0.3) is 5.78 Å². The number of hydrogen-bond acceptors (Lipinski definition) is 7. The van der Waals surface area contributed by atoms with Crippen LogP contribution < -0.4 is 11.1 Å². The van der Waals surface area contributed by atoms with Gasteiger partial charge in [0.25, 0.3) is 11.7 Å². The SMILES string of the molecule is CCCCNC(=O)COC(=O)CCc1c(C)nc2nc(N)nn2c1C. The van der Waals surface area contributed by atoms with Gasteiger partial charge in [0.15, 0.2) is 6.61 Å². The Hall–Kier alpha value is -2.71. The molecule has 2 aromatic heterocycles. The molecule has 0 radical (unpaired) electrons. The third-order valence-corrected chi connectivity index (χ3v) is 3.86. The van der Waals surface area contributed by atoms with Crippen molar-refractivity contribution in [3.05, 3.63) is 17.0 Å². The van der Waals surface area contributed by atoms with Gasteiger partial charge in [0, 0.05) is 24.4 Å². The second-order valence-corrected chi connectivity index (χ2v) is 5.81. The molecule has 0 fully saturated rings. The van der Waals surface area contributed by atoms with Crippen molar-refractivity contribution in [1.29, 1.82) is 0 Å². The predicted octanol–water partition coefficient (Wildman–Crippen LogP) is 0.715. The van der Waals surface area contributed by atoms with Crippen LogP contribution in [-0.2, 0) is 20.7 Å². The Balaban J connectivity index is 1.89. The van der Waals surface area contributed by atoms with Crippen molar-refractivity contribution >= 4 is 23.6 Å². The third-order valence-electron chi connectivity index (χ3n) is 3.86. The van der Waals surface area contributed by atoms with E-state index in [0.717, 1.165) is 29.8 Å². The highest BCUT2D eigenvalue weighted by Crippen LogP contribution is 2.16. The van der Waals surface area contributed by atoms with Crippen molar-refractivity contribution in [2.24, 2.45) is 0 Å². The van der Waals surface area contributed by atoms with Crippen molar-refractivity contribution < 1.29 is 14.3 Å². The molecule has 2 aromatic rings. The molecule has 0 aliphatic carbocycles. The summed E-state index contributed by atoms with van der Waals surface area (Å²) in [5.74, 6) is -0.124. The quantitative estimate of drug-likeness (QED) is 0.532. The molecular weight excluding hydrogens is 324 g/mol. The summed E-state index contributed by atoms with van der Waals surface area (Å²) in [5, 5.41) is 6.79. The van der Waals surface area contributed by atoms with Crippen molar-refractivity contribution in [2.75, 3.05) is 18.9 Å². The molecule has 0 unspecified atom stereocenters. The maximum Gasteiger partial charge on any atom is 0.306 e. The highest BCUT2D eigenvalue weighted by atomic mass is 16.5. The number of ether oxygens (including phenoxy) is 1. The molecule has 0 aliphatic rings. The first kappa shape index (κ1) is 18.6. The number of nitrogens with one attached hydrogen (secondary N) is 1. The molecule has 0 saturated carbocycles. The van der Waals surface area contributed by atoms with E-state index in [1.807, 2.05) is 20.8 Å². The Labute approximate surface area is 146 Å². The van der Waals surface area contributed by atoms with E-state index in [1.165, 1.54) is 0 Å². The van der Waals surface area contributed by atoms with Gasteiger partial charge in [0.1, 0.15) is 0 Å². The van der Waals surface area contributed by atoms with Gasteiger partial charge in [-0.25, -0.2) is 4.98 Å². The lowest BCUT2D eigenvalue weighted by Gasteiger charge is -2.10. The summed E-state index contributed by atoms with van der Waals surface area (Å²) < 4.78 is 6.56. The monoisotopic (exact) mass is 348 g/mol. The molecule has 0 aromatic carbocycles. The molecule has 1 amide bonds. The fourth-order valence-electron chi connectivity index (χ4n) is 2.49. The normalized spacial score (nSPS) is 10.8. The third kappa shape index (κ3) is 4.88. The number of hydrogen-bond donors (Lipinski definition) is 2. The lowest BCUT2D eigenvalue weighted by Crippen LogP contribution is -2.29. The molecule has 2 rings (SSSR count). The molecule has 3 N–H and O–H groups in total. The lowest BCUT2D eigenvalue weighted by molar-refractivity contribution is -0.148. The van der Waals surface area contributed by atoms with Crippen LogP contribution in [-0.4, -0.2) is 44.6 Å². The molecule has 0 aliphatic heterocycles. The summed E-state index contributed by atoms with van der Waals surface area (Å²) in [6.07, 6.45) is 2.49. The molecule has 9 heteroatoms. The van der Waals surface area contributed by atoms with Crippen molar-refractivity contribution in [2.45, 2.75) is 46.5 Å². The number of carbonyl (C=O) groups is 2. The van der Waals surface area contributed by atoms with Crippen LogP contribution in [0, 0.1) is 13.8 Å². The molecular formula is C16H24N6O3. The first-order chi connectivity index (χ1) is 11.9. The maximum absolute atomic E-state index is 11.9. The van der Waals surface area contributed by atoms with Gasteiger partial charge in [-0.15, -0.1) is 5.10 Å². The molecule has 136 valence electrons. The summed E-state index contributed by atoms with van der Waals surface area (Å²) >= 11 is 0. The second-order valence-electron chi connectivity index (χ2n) is 5.81. The second kappa shape index (κ2) is 8.41. The van der Waals surface area contributed by atoms with Crippen LogP contribution in [0.4, 0.5) is 5.95 Å². The topological polar surface area (TPSA) is 124 Å². The predicted molar refractivity (Wildman–Crippen MR) is 91.9 cm³/mol. The number of anilines is 1. The minimum atomic E-state index is -0.428. The molecule has 0 saturated heterocycles. The summed E-state index contributed by atoms with van der Waals surface area (Å²) in [6.45, 7) is 6.10. The van der Waals surface area contributed by atoms with E-state index in [2.05, 4.69) is 20.4 Å². The van der Waals surface area contributed by atoms with Gasteiger partial charge in [-0.3, -0.25) is 9.59 Å². The van der Waals surface area contributed by atoms with Crippen LogP contribution in [0.3, 0.4) is 0 Å². The summed E-state index contributed by atoms with van der Waals surface area (Å²) in [5.41, 5.74) is 8.09. The van der Waals surface area contributed by atoms with Crippen LogP contribution in [0.15, 0.2) is 0 Å². The number of fused-ring (bicyclic) bond motifs is 1.